The summed E-state index contributed by atoms with van der Waals surface area (Å²) < 4.78 is 63.6. The van der Waals surface area contributed by atoms with E-state index >= 15 is 0 Å². The van der Waals surface area contributed by atoms with Gasteiger partial charge < -0.3 is 10.0 Å². The minimum absolute atomic E-state index is 0.000598. The van der Waals surface area contributed by atoms with E-state index in [-0.39, 0.29) is 17.0 Å². The number of carbonyl (C=O) groups excluding carboxylic acids is 1. The SMILES string of the molecule is CC(C)S(=O)(=O)c1ccc(C(=O)N2CCC(C(=O)O)(C(F)(F)F)C2)cc1. The fourth-order valence-electron chi connectivity index (χ4n) is 2.75. The number of likely N-dealkylation sites (tertiary alicyclic amines) is 1. The molecule has 10 heteroatoms. The lowest BCUT2D eigenvalue weighted by atomic mass is 9.86. The lowest BCUT2D eigenvalue weighted by Crippen LogP contribution is -2.47. The maximum absolute atomic E-state index is 13.2. The van der Waals surface area contributed by atoms with E-state index in [1.807, 2.05) is 0 Å². The number of hydrogen-bond acceptors (Lipinski definition) is 4. The zero-order valence-electron chi connectivity index (χ0n) is 14.1. The molecule has 0 saturated carbocycles. The maximum Gasteiger partial charge on any atom is 0.406 e. The Bertz CT molecular complexity index is 817. The average Bonchev–Trinajstić information content (AvgIpc) is 3.00. The van der Waals surface area contributed by atoms with Gasteiger partial charge in [0.1, 0.15) is 0 Å². The standard InChI is InChI=1S/C16H18F3NO5S/c1-10(2)26(24,25)12-5-3-11(4-6-12)13(21)20-8-7-15(9-20,14(22)23)16(17,18)19/h3-6,10H,7-9H2,1-2H3,(H,22,23). The molecule has 0 aromatic heterocycles. The molecule has 1 aliphatic heterocycles. The van der Waals surface area contributed by atoms with Gasteiger partial charge in [0.2, 0.25) is 0 Å². The van der Waals surface area contributed by atoms with E-state index in [9.17, 15) is 31.2 Å². The number of sulfone groups is 1. The van der Waals surface area contributed by atoms with Crippen molar-refractivity contribution in [3.8, 4) is 0 Å². The average molecular weight is 393 g/mol. The third-order valence-corrected chi connectivity index (χ3v) is 6.73. The highest BCUT2D eigenvalue weighted by atomic mass is 32.2. The normalized spacial score (nSPS) is 21.2. The van der Waals surface area contributed by atoms with Gasteiger partial charge in [-0.2, -0.15) is 13.2 Å². The molecule has 1 fully saturated rings. The van der Waals surface area contributed by atoms with Crippen LogP contribution in [0.15, 0.2) is 29.2 Å². The van der Waals surface area contributed by atoms with E-state index in [1.165, 1.54) is 38.1 Å². The summed E-state index contributed by atoms with van der Waals surface area (Å²) >= 11 is 0. The Hall–Kier alpha value is -2.10. The van der Waals surface area contributed by atoms with Crippen molar-refractivity contribution in [2.75, 3.05) is 13.1 Å². The van der Waals surface area contributed by atoms with Crippen LogP contribution < -0.4 is 0 Å². The predicted molar refractivity (Wildman–Crippen MR) is 85.4 cm³/mol. The van der Waals surface area contributed by atoms with Crippen LogP contribution in [0.25, 0.3) is 0 Å². The second-order valence-electron chi connectivity index (χ2n) is 6.48. The summed E-state index contributed by atoms with van der Waals surface area (Å²) in [7, 11) is -3.54. The number of amides is 1. The Morgan fingerprint density at radius 2 is 1.73 bits per heavy atom. The third kappa shape index (κ3) is 3.29. The van der Waals surface area contributed by atoms with E-state index < -0.39 is 51.5 Å². The van der Waals surface area contributed by atoms with E-state index in [4.69, 9.17) is 5.11 Å². The van der Waals surface area contributed by atoms with Crippen molar-refractivity contribution in [1.82, 2.24) is 4.90 Å². The van der Waals surface area contributed by atoms with Gasteiger partial charge >= 0.3 is 12.1 Å². The molecule has 144 valence electrons. The van der Waals surface area contributed by atoms with Gasteiger partial charge in [-0.1, -0.05) is 0 Å². The largest absolute Gasteiger partial charge is 0.481 e. The number of carbonyl (C=O) groups is 2. The highest BCUT2D eigenvalue weighted by molar-refractivity contribution is 7.92. The second-order valence-corrected chi connectivity index (χ2v) is 8.98. The van der Waals surface area contributed by atoms with Crippen LogP contribution in [0.4, 0.5) is 13.2 Å². The zero-order chi connectivity index (χ0) is 19.9. The topological polar surface area (TPSA) is 91.8 Å². The van der Waals surface area contributed by atoms with E-state index in [2.05, 4.69) is 0 Å². The molecule has 1 saturated heterocycles. The molecular formula is C16H18F3NO5S. The van der Waals surface area contributed by atoms with Crippen LogP contribution in [0.1, 0.15) is 30.6 Å². The molecule has 0 radical (unpaired) electrons. The molecule has 0 aliphatic carbocycles. The molecular weight excluding hydrogens is 375 g/mol. The summed E-state index contributed by atoms with van der Waals surface area (Å²) in [5.41, 5.74) is -2.99. The lowest BCUT2D eigenvalue weighted by Gasteiger charge is -2.27. The number of aliphatic carboxylic acids is 1. The molecule has 1 aliphatic rings. The summed E-state index contributed by atoms with van der Waals surface area (Å²) in [4.78, 5) is 24.4. The number of carboxylic acids is 1. The zero-order valence-corrected chi connectivity index (χ0v) is 14.9. The highest BCUT2D eigenvalue weighted by Gasteiger charge is 2.64. The van der Waals surface area contributed by atoms with Crippen LogP contribution in [-0.4, -0.2) is 54.8 Å². The number of rotatable bonds is 4. The Balaban J connectivity index is 2.25. The minimum Gasteiger partial charge on any atom is -0.481 e. The van der Waals surface area contributed by atoms with Crippen LogP contribution in [0.3, 0.4) is 0 Å². The van der Waals surface area contributed by atoms with Crippen LogP contribution >= 0.6 is 0 Å². The molecule has 0 spiro atoms. The van der Waals surface area contributed by atoms with Crippen molar-refractivity contribution in [3.63, 3.8) is 0 Å². The summed E-state index contributed by atoms with van der Waals surface area (Å²) in [5, 5.41) is 8.36. The number of alkyl halides is 3. The fourth-order valence-corrected chi connectivity index (χ4v) is 3.81. The van der Waals surface area contributed by atoms with Crippen LogP contribution in [-0.2, 0) is 14.6 Å². The van der Waals surface area contributed by atoms with Crippen molar-refractivity contribution in [2.45, 2.75) is 36.6 Å². The van der Waals surface area contributed by atoms with E-state index in [0.29, 0.717) is 0 Å². The molecule has 1 aromatic rings. The van der Waals surface area contributed by atoms with Crippen molar-refractivity contribution in [2.24, 2.45) is 5.41 Å². The summed E-state index contributed by atoms with van der Waals surface area (Å²) in [6, 6.07) is 4.86. The highest BCUT2D eigenvalue weighted by Crippen LogP contribution is 2.46. The van der Waals surface area contributed by atoms with E-state index in [0.717, 1.165) is 4.90 Å². The number of carboxylic acid groups (broad SMARTS) is 1. The maximum atomic E-state index is 13.2. The van der Waals surface area contributed by atoms with Crippen LogP contribution in [0.5, 0.6) is 0 Å². The summed E-state index contributed by atoms with van der Waals surface area (Å²) in [5.74, 6) is -2.79. The first-order valence-corrected chi connectivity index (χ1v) is 9.31. The first-order valence-electron chi connectivity index (χ1n) is 7.76. The summed E-state index contributed by atoms with van der Waals surface area (Å²) in [6.07, 6.45) is -5.71. The minimum atomic E-state index is -4.98. The monoisotopic (exact) mass is 393 g/mol. The van der Waals surface area contributed by atoms with Gasteiger partial charge in [-0.15, -0.1) is 0 Å². The van der Waals surface area contributed by atoms with E-state index in [1.54, 1.807) is 0 Å². The molecule has 1 amide bonds. The second kappa shape index (κ2) is 6.57. The van der Waals surface area contributed by atoms with Crippen molar-refractivity contribution >= 4 is 21.7 Å². The smallest absolute Gasteiger partial charge is 0.406 e. The lowest BCUT2D eigenvalue weighted by molar-refractivity contribution is -0.227. The molecule has 2 rings (SSSR count). The van der Waals surface area contributed by atoms with Crippen LogP contribution in [0, 0.1) is 5.41 Å². The van der Waals surface area contributed by atoms with Gasteiger partial charge in [0.15, 0.2) is 15.3 Å². The fraction of sp³-hybridized carbons (Fsp3) is 0.500. The Morgan fingerprint density at radius 3 is 2.12 bits per heavy atom. The Morgan fingerprint density at radius 1 is 1.19 bits per heavy atom. The van der Waals surface area contributed by atoms with Gasteiger partial charge in [-0.3, -0.25) is 9.59 Å². The molecule has 1 atom stereocenters. The first kappa shape index (κ1) is 20.2. The van der Waals surface area contributed by atoms with Gasteiger partial charge in [0.05, 0.1) is 10.1 Å². The molecule has 1 aromatic carbocycles. The van der Waals surface area contributed by atoms with Crippen molar-refractivity contribution in [1.29, 1.82) is 0 Å². The number of benzene rings is 1. The van der Waals surface area contributed by atoms with Gasteiger partial charge in [0, 0.05) is 18.7 Å². The first-order chi connectivity index (χ1) is 11.8. The van der Waals surface area contributed by atoms with Gasteiger partial charge in [-0.05, 0) is 44.5 Å². The molecule has 0 bridgehead atoms. The van der Waals surface area contributed by atoms with Gasteiger partial charge in [-0.25, -0.2) is 8.42 Å². The molecule has 1 heterocycles. The quantitative estimate of drug-likeness (QED) is 0.848. The molecule has 26 heavy (non-hydrogen) atoms. The Kier molecular flexibility index (Phi) is 5.10. The predicted octanol–water partition coefficient (Wildman–Crippen LogP) is 2.35. The number of nitrogens with zero attached hydrogens (tertiary/aromatic N) is 1. The molecule has 1 N–H and O–H groups in total. The Labute approximate surface area is 148 Å². The number of hydrogen-bond donors (Lipinski definition) is 1. The summed E-state index contributed by atoms with van der Waals surface area (Å²) in [6.45, 7) is 1.68. The van der Waals surface area contributed by atoms with Gasteiger partial charge in [0.25, 0.3) is 5.91 Å². The van der Waals surface area contributed by atoms with Crippen LogP contribution in [0.2, 0.25) is 0 Å². The third-order valence-electron chi connectivity index (χ3n) is 4.56. The molecule has 1 unspecified atom stereocenters. The van der Waals surface area contributed by atoms with Crippen molar-refractivity contribution < 1.29 is 36.3 Å². The van der Waals surface area contributed by atoms with Crippen molar-refractivity contribution in [3.05, 3.63) is 29.8 Å². The number of halogens is 3. The molecule has 6 nitrogen and oxygen atoms in total.